The Morgan fingerprint density at radius 3 is 2.83 bits per heavy atom. The van der Waals surface area contributed by atoms with Crippen LogP contribution in [-0.2, 0) is 7.05 Å². The molecule has 1 aromatic heterocycles. The molecule has 3 rings (SSSR count). The minimum Gasteiger partial charge on any atom is -0.389 e. The number of anilines is 1. The van der Waals surface area contributed by atoms with Gasteiger partial charge in [-0.1, -0.05) is 12.8 Å². The van der Waals surface area contributed by atoms with Gasteiger partial charge in [0.25, 0.3) is 5.56 Å². The van der Waals surface area contributed by atoms with Gasteiger partial charge in [0.05, 0.1) is 5.60 Å². The highest BCUT2D eigenvalue weighted by Crippen LogP contribution is 2.29. The molecule has 1 atom stereocenters. The van der Waals surface area contributed by atoms with Gasteiger partial charge in [-0.3, -0.25) is 4.79 Å². The third kappa shape index (κ3) is 3.93. The molecular weight excluding hydrogens is 292 g/mol. The van der Waals surface area contributed by atoms with Crippen molar-refractivity contribution in [3.63, 3.8) is 0 Å². The molecule has 6 heteroatoms. The minimum absolute atomic E-state index is 0.0797. The number of nitrogens with one attached hydrogen (secondary N) is 1. The lowest BCUT2D eigenvalue weighted by atomic mass is 10.00. The second-order valence-electron chi connectivity index (χ2n) is 7.06. The Morgan fingerprint density at radius 2 is 2.09 bits per heavy atom. The van der Waals surface area contributed by atoms with Crippen molar-refractivity contribution in [1.29, 1.82) is 0 Å². The number of aliphatic hydroxyl groups is 1. The van der Waals surface area contributed by atoms with E-state index in [2.05, 4.69) is 15.3 Å². The van der Waals surface area contributed by atoms with Gasteiger partial charge in [0, 0.05) is 38.8 Å². The Balaban J connectivity index is 1.61. The first-order chi connectivity index (χ1) is 11.1. The van der Waals surface area contributed by atoms with Gasteiger partial charge in [-0.15, -0.1) is 0 Å². The molecular formula is C17H28N4O2. The average molecular weight is 320 g/mol. The van der Waals surface area contributed by atoms with Crippen molar-refractivity contribution in [2.75, 3.05) is 24.5 Å². The van der Waals surface area contributed by atoms with Crippen LogP contribution in [0.2, 0.25) is 0 Å². The summed E-state index contributed by atoms with van der Waals surface area (Å²) in [4.78, 5) is 13.8. The Kier molecular flexibility index (Phi) is 5.02. The van der Waals surface area contributed by atoms with E-state index in [1.165, 1.54) is 11.1 Å². The van der Waals surface area contributed by atoms with Crippen molar-refractivity contribution in [2.24, 2.45) is 7.05 Å². The van der Waals surface area contributed by atoms with E-state index in [0.29, 0.717) is 12.6 Å². The number of piperidine rings is 1. The fourth-order valence-corrected chi connectivity index (χ4v) is 3.84. The van der Waals surface area contributed by atoms with Crippen LogP contribution in [0.5, 0.6) is 0 Å². The zero-order valence-electron chi connectivity index (χ0n) is 14.0. The summed E-state index contributed by atoms with van der Waals surface area (Å²) in [5, 5.41) is 18.3. The van der Waals surface area contributed by atoms with Gasteiger partial charge in [0.2, 0.25) is 0 Å². The standard InChI is InChI=1S/C17H28N4O2/c1-20-16(22)8-7-15(19-20)21-11-5-2-6-14(21)12-18-13-17(23)9-3-4-10-17/h7-8,14,18,23H,2-6,9-13H2,1H3. The maximum Gasteiger partial charge on any atom is 0.266 e. The van der Waals surface area contributed by atoms with Crippen molar-refractivity contribution in [2.45, 2.75) is 56.6 Å². The molecule has 1 aliphatic carbocycles. The van der Waals surface area contributed by atoms with E-state index in [-0.39, 0.29) is 5.56 Å². The molecule has 0 amide bonds. The van der Waals surface area contributed by atoms with Gasteiger partial charge >= 0.3 is 0 Å². The molecule has 2 N–H and O–H groups in total. The molecule has 2 heterocycles. The fourth-order valence-electron chi connectivity index (χ4n) is 3.84. The van der Waals surface area contributed by atoms with Crippen LogP contribution in [0.1, 0.15) is 44.9 Å². The smallest absolute Gasteiger partial charge is 0.266 e. The van der Waals surface area contributed by atoms with E-state index in [1.54, 1.807) is 13.1 Å². The highest BCUT2D eigenvalue weighted by molar-refractivity contribution is 5.38. The van der Waals surface area contributed by atoms with Crippen LogP contribution in [0, 0.1) is 0 Å². The number of aryl methyl sites for hydroxylation is 1. The topological polar surface area (TPSA) is 70.4 Å². The molecule has 1 saturated heterocycles. The summed E-state index contributed by atoms with van der Waals surface area (Å²) in [5.41, 5.74) is -0.585. The second kappa shape index (κ2) is 7.01. The lowest BCUT2D eigenvalue weighted by Gasteiger charge is -2.37. The summed E-state index contributed by atoms with van der Waals surface area (Å²) in [6.45, 7) is 2.51. The molecule has 2 aliphatic rings. The van der Waals surface area contributed by atoms with Crippen molar-refractivity contribution in [3.8, 4) is 0 Å². The molecule has 23 heavy (non-hydrogen) atoms. The SMILES string of the molecule is Cn1nc(N2CCCCC2CNCC2(O)CCCC2)ccc1=O. The van der Waals surface area contributed by atoms with E-state index in [9.17, 15) is 9.90 Å². The maximum absolute atomic E-state index is 11.5. The van der Waals surface area contributed by atoms with Gasteiger partial charge in [0.1, 0.15) is 5.82 Å². The third-order valence-electron chi connectivity index (χ3n) is 5.24. The van der Waals surface area contributed by atoms with Gasteiger partial charge in [-0.2, -0.15) is 5.10 Å². The molecule has 0 spiro atoms. The van der Waals surface area contributed by atoms with Crippen LogP contribution in [0.25, 0.3) is 0 Å². The molecule has 0 aromatic carbocycles. The first-order valence-electron chi connectivity index (χ1n) is 8.82. The molecule has 1 saturated carbocycles. The van der Waals surface area contributed by atoms with Crippen LogP contribution in [0.15, 0.2) is 16.9 Å². The van der Waals surface area contributed by atoms with Gasteiger partial charge < -0.3 is 15.3 Å². The highest BCUT2D eigenvalue weighted by Gasteiger charge is 2.31. The van der Waals surface area contributed by atoms with E-state index < -0.39 is 5.60 Å². The predicted octanol–water partition coefficient (Wildman–Crippen LogP) is 1.03. The summed E-state index contributed by atoms with van der Waals surface area (Å²) in [6, 6.07) is 3.78. The summed E-state index contributed by atoms with van der Waals surface area (Å²) >= 11 is 0. The molecule has 1 aliphatic heterocycles. The molecule has 1 aromatic rings. The minimum atomic E-state index is -0.506. The molecule has 2 fully saturated rings. The molecule has 6 nitrogen and oxygen atoms in total. The summed E-state index contributed by atoms with van der Waals surface area (Å²) in [5.74, 6) is 0.873. The Morgan fingerprint density at radius 1 is 1.30 bits per heavy atom. The number of nitrogens with zero attached hydrogens (tertiary/aromatic N) is 3. The lowest BCUT2D eigenvalue weighted by molar-refractivity contribution is 0.0474. The lowest BCUT2D eigenvalue weighted by Crippen LogP contribution is -2.49. The first kappa shape index (κ1) is 16.5. The largest absolute Gasteiger partial charge is 0.389 e. The summed E-state index contributed by atoms with van der Waals surface area (Å²) in [6.07, 6.45) is 7.60. The third-order valence-corrected chi connectivity index (χ3v) is 5.24. The first-order valence-corrected chi connectivity index (χ1v) is 8.82. The zero-order valence-corrected chi connectivity index (χ0v) is 14.0. The van der Waals surface area contributed by atoms with Gasteiger partial charge in [-0.05, 0) is 38.2 Å². The van der Waals surface area contributed by atoms with Crippen LogP contribution in [0.3, 0.4) is 0 Å². The van der Waals surface area contributed by atoms with E-state index in [1.807, 2.05) is 6.07 Å². The Hall–Kier alpha value is -1.40. The van der Waals surface area contributed by atoms with E-state index >= 15 is 0 Å². The average Bonchev–Trinajstić information content (AvgIpc) is 2.97. The summed E-state index contributed by atoms with van der Waals surface area (Å²) < 4.78 is 1.40. The molecule has 1 unspecified atom stereocenters. The highest BCUT2D eigenvalue weighted by atomic mass is 16.3. The Labute approximate surface area is 137 Å². The van der Waals surface area contributed by atoms with Crippen LogP contribution in [-0.4, -0.2) is 46.2 Å². The predicted molar refractivity (Wildman–Crippen MR) is 90.8 cm³/mol. The van der Waals surface area contributed by atoms with Crippen molar-refractivity contribution >= 4 is 5.82 Å². The van der Waals surface area contributed by atoms with E-state index in [0.717, 1.165) is 57.4 Å². The van der Waals surface area contributed by atoms with Crippen LogP contribution in [0.4, 0.5) is 5.82 Å². The Bertz CT molecular complexity index is 580. The number of aromatic nitrogens is 2. The fraction of sp³-hybridized carbons (Fsp3) is 0.765. The van der Waals surface area contributed by atoms with Crippen molar-refractivity contribution in [1.82, 2.24) is 15.1 Å². The number of hydrogen-bond acceptors (Lipinski definition) is 5. The molecule has 128 valence electrons. The van der Waals surface area contributed by atoms with Crippen LogP contribution >= 0.6 is 0 Å². The monoisotopic (exact) mass is 320 g/mol. The van der Waals surface area contributed by atoms with Crippen molar-refractivity contribution < 1.29 is 5.11 Å². The quantitative estimate of drug-likeness (QED) is 0.848. The summed E-state index contributed by atoms with van der Waals surface area (Å²) in [7, 11) is 1.69. The second-order valence-corrected chi connectivity index (χ2v) is 7.06. The van der Waals surface area contributed by atoms with E-state index in [4.69, 9.17) is 0 Å². The van der Waals surface area contributed by atoms with Gasteiger partial charge in [-0.25, -0.2) is 4.68 Å². The number of hydrogen-bond donors (Lipinski definition) is 2. The maximum atomic E-state index is 11.5. The zero-order chi connectivity index (χ0) is 16.3. The number of rotatable bonds is 5. The van der Waals surface area contributed by atoms with Crippen molar-refractivity contribution in [3.05, 3.63) is 22.5 Å². The van der Waals surface area contributed by atoms with Gasteiger partial charge in [0.15, 0.2) is 0 Å². The normalized spacial score (nSPS) is 24.1. The molecule has 0 radical (unpaired) electrons. The van der Waals surface area contributed by atoms with Crippen LogP contribution < -0.4 is 15.8 Å². The molecule has 0 bridgehead atoms.